The molecule has 1 aliphatic rings. The van der Waals surface area contributed by atoms with Crippen molar-refractivity contribution in [2.24, 2.45) is 5.41 Å². The van der Waals surface area contributed by atoms with E-state index in [-0.39, 0.29) is 30.6 Å². The zero-order valence-corrected chi connectivity index (χ0v) is 13.2. The summed E-state index contributed by atoms with van der Waals surface area (Å²) >= 11 is 0. The first kappa shape index (κ1) is 17.5. The first-order chi connectivity index (χ1) is 9.86. The van der Waals surface area contributed by atoms with Crippen molar-refractivity contribution in [1.29, 1.82) is 0 Å². The van der Waals surface area contributed by atoms with Crippen LogP contribution in [0.3, 0.4) is 0 Å². The van der Waals surface area contributed by atoms with E-state index in [1.165, 1.54) is 12.8 Å². The average Bonchev–Trinajstić information content (AvgIpc) is 2.68. The van der Waals surface area contributed by atoms with E-state index in [1.54, 1.807) is 13.8 Å². The average molecular weight is 294 g/mol. The van der Waals surface area contributed by atoms with Gasteiger partial charge < -0.3 is 9.47 Å². The van der Waals surface area contributed by atoms with Crippen LogP contribution in [0.25, 0.3) is 0 Å². The lowest BCUT2D eigenvalue weighted by Gasteiger charge is -2.31. The van der Waals surface area contributed by atoms with Crippen molar-refractivity contribution in [2.45, 2.75) is 52.4 Å². The first-order valence-corrected chi connectivity index (χ1v) is 7.52. The maximum absolute atomic E-state index is 11.6. The van der Waals surface area contributed by atoms with E-state index in [0.717, 1.165) is 25.7 Å². The predicted molar refractivity (Wildman–Crippen MR) is 81.7 cm³/mol. The minimum atomic E-state index is -0.384. The van der Waals surface area contributed by atoms with Crippen LogP contribution in [0.5, 0.6) is 0 Å². The van der Waals surface area contributed by atoms with Gasteiger partial charge in [-0.1, -0.05) is 38.8 Å². The van der Waals surface area contributed by atoms with E-state index < -0.39 is 0 Å². The Morgan fingerprint density at radius 3 is 1.57 bits per heavy atom. The van der Waals surface area contributed by atoms with Crippen LogP contribution in [-0.4, -0.2) is 25.2 Å². The van der Waals surface area contributed by atoms with Crippen molar-refractivity contribution < 1.29 is 19.1 Å². The highest BCUT2D eigenvalue weighted by Crippen LogP contribution is 2.36. The molecule has 0 N–H and O–H groups in total. The molecule has 0 spiro atoms. The minimum Gasteiger partial charge on any atom is -0.462 e. The van der Waals surface area contributed by atoms with Gasteiger partial charge in [-0.3, -0.25) is 0 Å². The molecule has 4 heteroatoms. The summed E-state index contributed by atoms with van der Waals surface area (Å²) < 4.78 is 10.7. The molecule has 0 aliphatic heterocycles. The van der Waals surface area contributed by atoms with Crippen molar-refractivity contribution in [1.82, 2.24) is 0 Å². The fourth-order valence-electron chi connectivity index (χ4n) is 2.49. The van der Waals surface area contributed by atoms with Gasteiger partial charge in [0.05, 0.1) is 0 Å². The van der Waals surface area contributed by atoms with E-state index >= 15 is 0 Å². The molecule has 0 heterocycles. The topological polar surface area (TPSA) is 52.6 Å². The van der Waals surface area contributed by atoms with Crippen LogP contribution >= 0.6 is 0 Å². The summed E-state index contributed by atoms with van der Waals surface area (Å²) in [6.45, 7) is 11.0. The van der Waals surface area contributed by atoms with Crippen molar-refractivity contribution >= 4 is 11.9 Å². The van der Waals surface area contributed by atoms with Crippen LogP contribution in [0.1, 0.15) is 52.4 Å². The third kappa shape index (κ3) is 5.74. The number of carbonyl (C=O) groups excluding carboxylic acids is 2. The van der Waals surface area contributed by atoms with Gasteiger partial charge >= 0.3 is 11.9 Å². The molecular formula is C17H26O4. The van der Waals surface area contributed by atoms with Crippen LogP contribution in [-0.2, 0) is 19.1 Å². The normalized spacial score (nSPS) is 17.4. The SMILES string of the molecule is C=C(C)C(=O)OCC1(COC(=O)C(=C)C)CCCCCC1. The molecule has 0 unspecified atom stereocenters. The summed E-state index contributed by atoms with van der Waals surface area (Å²) in [5.74, 6) is -0.769. The molecule has 21 heavy (non-hydrogen) atoms. The summed E-state index contributed by atoms with van der Waals surface area (Å²) in [5, 5.41) is 0. The number of ether oxygens (including phenoxy) is 2. The Balaban J connectivity index is 2.69. The molecule has 1 fully saturated rings. The third-order valence-electron chi connectivity index (χ3n) is 3.88. The maximum atomic E-state index is 11.6. The van der Waals surface area contributed by atoms with Gasteiger partial charge in [-0.05, 0) is 26.7 Å². The van der Waals surface area contributed by atoms with Gasteiger partial charge in [-0.2, -0.15) is 0 Å². The molecule has 4 nitrogen and oxygen atoms in total. The monoisotopic (exact) mass is 294 g/mol. The molecule has 0 aromatic carbocycles. The van der Waals surface area contributed by atoms with Crippen LogP contribution in [0.15, 0.2) is 24.3 Å². The smallest absolute Gasteiger partial charge is 0.333 e. The number of hydrogen-bond donors (Lipinski definition) is 0. The Labute approximate surface area is 127 Å². The highest BCUT2D eigenvalue weighted by atomic mass is 16.5. The van der Waals surface area contributed by atoms with Gasteiger partial charge in [0.2, 0.25) is 0 Å². The van der Waals surface area contributed by atoms with Crippen molar-refractivity contribution in [2.75, 3.05) is 13.2 Å². The zero-order chi connectivity index (χ0) is 15.9. The molecule has 0 aromatic heterocycles. The lowest BCUT2D eigenvalue weighted by atomic mass is 9.82. The Kier molecular flexibility index (Phi) is 6.66. The number of rotatable bonds is 6. The van der Waals surface area contributed by atoms with Gasteiger partial charge in [0.25, 0.3) is 0 Å². The van der Waals surface area contributed by atoms with Crippen LogP contribution in [0.2, 0.25) is 0 Å². The maximum Gasteiger partial charge on any atom is 0.333 e. The third-order valence-corrected chi connectivity index (χ3v) is 3.88. The summed E-state index contributed by atoms with van der Waals surface area (Å²) in [6, 6.07) is 0. The van der Waals surface area contributed by atoms with Crippen molar-refractivity contribution in [3.8, 4) is 0 Å². The van der Waals surface area contributed by atoms with E-state index in [2.05, 4.69) is 13.2 Å². The molecule has 0 amide bonds. The molecular weight excluding hydrogens is 268 g/mol. The van der Waals surface area contributed by atoms with Crippen LogP contribution < -0.4 is 0 Å². The fourth-order valence-corrected chi connectivity index (χ4v) is 2.49. The molecule has 1 saturated carbocycles. The Morgan fingerprint density at radius 1 is 0.857 bits per heavy atom. The second kappa shape index (κ2) is 8.01. The molecule has 0 radical (unpaired) electrons. The molecule has 118 valence electrons. The summed E-state index contributed by atoms with van der Waals surface area (Å²) in [5.41, 5.74) is 0.502. The van der Waals surface area contributed by atoms with E-state index in [0.29, 0.717) is 11.1 Å². The predicted octanol–water partition coefficient (Wildman–Crippen LogP) is 3.57. The molecule has 0 aromatic rings. The number of hydrogen-bond acceptors (Lipinski definition) is 4. The van der Waals surface area contributed by atoms with E-state index in [4.69, 9.17) is 9.47 Å². The van der Waals surface area contributed by atoms with Crippen molar-refractivity contribution in [3.05, 3.63) is 24.3 Å². The van der Waals surface area contributed by atoms with Gasteiger partial charge in [-0.25, -0.2) is 9.59 Å². The zero-order valence-electron chi connectivity index (χ0n) is 13.2. The molecule has 0 bridgehead atoms. The number of esters is 2. The molecule has 0 atom stereocenters. The second-order valence-electron chi connectivity index (χ2n) is 6.13. The van der Waals surface area contributed by atoms with E-state index in [1.807, 2.05) is 0 Å². The van der Waals surface area contributed by atoms with Gasteiger partial charge in [0.1, 0.15) is 13.2 Å². The van der Waals surface area contributed by atoms with E-state index in [9.17, 15) is 9.59 Å². The Bertz CT molecular complexity index is 383. The Morgan fingerprint density at radius 2 is 1.24 bits per heavy atom. The van der Waals surface area contributed by atoms with Gasteiger partial charge in [0.15, 0.2) is 0 Å². The van der Waals surface area contributed by atoms with Crippen molar-refractivity contribution in [3.63, 3.8) is 0 Å². The standard InChI is InChI=1S/C17H26O4/c1-13(2)15(18)20-11-17(9-7-5-6-8-10-17)12-21-16(19)14(3)4/h1,3,5-12H2,2,4H3. The first-order valence-electron chi connectivity index (χ1n) is 7.52. The lowest BCUT2D eigenvalue weighted by Crippen LogP contribution is -2.34. The largest absolute Gasteiger partial charge is 0.462 e. The lowest BCUT2D eigenvalue weighted by molar-refractivity contribution is -0.150. The molecule has 0 saturated heterocycles. The fraction of sp³-hybridized carbons (Fsp3) is 0.647. The highest BCUT2D eigenvalue weighted by molar-refractivity contribution is 5.87. The van der Waals surface area contributed by atoms with Crippen LogP contribution in [0.4, 0.5) is 0 Å². The quantitative estimate of drug-likeness (QED) is 0.427. The minimum absolute atomic E-state index is 0.271. The second-order valence-corrected chi connectivity index (χ2v) is 6.13. The van der Waals surface area contributed by atoms with Gasteiger partial charge in [-0.15, -0.1) is 0 Å². The summed E-state index contributed by atoms with van der Waals surface area (Å²) in [4.78, 5) is 23.2. The highest BCUT2D eigenvalue weighted by Gasteiger charge is 2.34. The van der Waals surface area contributed by atoms with Gasteiger partial charge in [0, 0.05) is 16.6 Å². The summed E-state index contributed by atoms with van der Waals surface area (Å²) in [6.07, 6.45) is 6.28. The number of carbonyl (C=O) groups is 2. The summed E-state index contributed by atoms with van der Waals surface area (Å²) in [7, 11) is 0. The van der Waals surface area contributed by atoms with Crippen LogP contribution in [0, 0.1) is 5.41 Å². The Hall–Kier alpha value is -1.58. The molecule has 1 aliphatic carbocycles. The molecule has 1 rings (SSSR count).